The van der Waals surface area contributed by atoms with E-state index in [1.807, 2.05) is 54.8 Å². The SMILES string of the molecule is CCOc1ccc(-c2csc(NC(=O)C3COc4ccccc4O3)n2)cc1. The van der Waals surface area contributed by atoms with Crippen LogP contribution in [0, 0.1) is 0 Å². The lowest BCUT2D eigenvalue weighted by Gasteiger charge is -2.25. The van der Waals surface area contributed by atoms with Crippen LogP contribution in [0.1, 0.15) is 6.92 Å². The molecule has 1 N–H and O–H groups in total. The first kappa shape index (κ1) is 17.4. The summed E-state index contributed by atoms with van der Waals surface area (Å²) in [5.74, 6) is 1.75. The monoisotopic (exact) mass is 382 g/mol. The summed E-state index contributed by atoms with van der Waals surface area (Å²) in [6, 6.07) is 15.0. The molecular formula is C20H18N2O4S. The minimum absolute atomic E-state index is 0.167. The number of carbonyl (C=O) groups excluding carboxylic acids is 1. The fraction of sp³-hybridized carbons (Fsp3) is 0.200. The first-order valence-corrected chi connectivity index (χ1v) is 9.49. The smallest absolute Gasteiger partial charge is 0.270 e. The van der Waals surface area contributed by atoms with E-state index in [1.165, 1.54) is 11.3 Å². The van der Waals surface area contributed by atoms with Gasteiger partial charge in [-0.25, -0.2) is 4.98 Å². The maximum absolute atomic E-state index is 12.5. The molecule has 0 saturated carbocycles. The first-order chi connectivity index (χ1) is 13.2. The van der Waals surface area contributed by atoms with Crippen LogP contribution in [0.5, 0.6) is 17.2 Å². The third-order valence-corrected chi connectivity index (χ3v) is 4.75. The summed E-state index contributed by atoms with van der Waals surface area (Å²) in [4.78, 5) is 17.0. The Labute approximate surface area is 160 Å². The molecule has 0 saturated heterocycles. The van der Waals surface area contributed by atoms with Gasteiger partial charge in [0.15, 0.2) is 16.6 Å². The van der Waals surface area contributed by atoms with Crippen LogP contribution < -0.4 is 19.5 Å². The Morgan fingerprint density at radius 3 is 2.78 bits per heavy atom. The lowest BCUT2D eigenvalue weighted by Crippen LogP contribution is -2.40. The Morgan fingerprint density at radius 2 is 2.00 bits per heavy atom. The predicted molar refractivity (Wildman–Crippen MR) is 104 cm³/mol. The number of nitrogens with zero attached hydrogens (tertiary/aromatic N) is 1. The topological polar surface area (TPSA) is 69.7 Å². The second-order valence-electron chi connectivity index (χ2n) is 5.85. The highest BCUT2D eigenvalue weighted by Crippen LogP contribution is 2.31. The molecule has 1 amide bonds. The number of hydrogen-bond acceptors (Lipinski definition) is 6. The summed E-state index contributed by atoms with van der Waals surface area (Å²) in [6.45, 7) is 2.74. The van der Waals surface area contributed by atoms with Gasteiger partial charge in [0.25, 0.3) is 5.91 Å². The number of hydrogen-bond donors (Lipinski definition) is 1. The summed E-state index contributed by atoms with van der Waals surface area (Å²) < 4.78 is 16.8. The van der Waals surface area contributed by atoms with E-state index in [-0.39, 0.29) is 12.5 Å². The number of anilines is 1. The zero-order valence-electron chi connectivity index (χ0n) is 14.7. The number of thiazole rings is 1. The van der Waals surface area contributed by atoms with Crippen molar-refractivity contribution < 1.29 is 19.0 Å². The Kier molecular flexibility index (Phi) is 4.93. The highest BCUT2D eigenvalue weighted by Gasteiger charge is 2.27. The molecule has 4 rings (SSSR count). The maximum atomic E-state index is 12.5. The lowest BCUT2D eigenvalue weighted by molar-refractivity contribution is -0.125. The number of rotatable bonds is 5. The zero-order chi connectivity index (χ0) is 18.6. The van der Waals surface area contributed by atoms with Gasteiger partial charge < -0.3 is 14.2 Å². The van der Waals surface area contributed by atoms with Crippen LogP contribution in [0.3, 0.4) is 0 Å². The quantitative estimate of drug-likeness (QED) is 0.723. The number of amides is 1. The lowest BCUT2D eigenvalue weighted by atomic mass is 10.2. The van der Waals surface area contributed by atoms with Gasteiger partial charge in [0.2, 0.25) is 6.10 Å². The molecule has 0 aliphatic carbocycles. The van der Waals surface area contributed by atoms with Crippen molar-refractivity contribution in [3.8, 4) is 28.5 Å². The molecule has 0 bridgehead atoms. The largest absolute Gasteiger partial charge is 0.494 e. The maximum Gasteiger partial charge on any atom is 0.270 e. The molecule has 1 atom stereocenters. The molecular weight excluding hydrogens is 364 g/mol. The van der Waals surface area contributed by atoms with Gasteiger partial charge in [-0.05, 0) is 43.3 Å². The number of benzene rings is 2. The number of carbonyl (C=O) groups is 1. The number of nitrogens with one attached hydrogen (secondary N) is 1. The molecule has 3 aromatic rings. The molecule has 2 aromatic carbocycles. The van der Waals surface area contributed by atoms with Gasteiger partial charge in [0.1, 0.15) is 12.4 Å². The number of para-hydroxylation sites is 2. The van der Waals surface area contributed by atoms with E-state index in [1.54, 1.807) is 6.07 Å². The average molecular weight is 382 g/mol. The molecule has 1 aliphatic heterocycles. The number of fused-ring (bicyclic) bond motifs is 1. The Hall–Kier alpha value is -3.06. The van der Waals surface area contributed by atoms with E-state index in [4.69, 9.17) is 14.2 Å². The minimum atomic E-state index is -0.710. The average Bonchev–Trinajstić information content (AvgIpc) is 3.17. The van der Waals surface area contributed by atoms with Crippen molar-refractivity contribution in [2.75, 3.05) is 18.5 Å². The van der Waals surface area contributed by atoms with Crippen LogP contribution in [0.25, 0.3) is 11.3 Å². The molecule has 0 fully saturated rings. The fourth-order valence-electron chi connectivity index (χ4n) is 2.69. The van der Waals surface area contributed by atoms with Crippen molar-refractivity contribution in [2.24, 2.45) is 0 Å². The van der Waals surface area contributed by atoms with E-state index >= 15 is 0 Å². The van der Waals surface area contributed by atoms with Crippen LogP contribution >= 0.6 is 11.3 Å². The highest BCUT2D eigenvalue weighted by molar-refractivity contribution is 7.14. The van der Waals surface area contributed by atoms with Crippen molar-refractivity contribution in [1.29, 1.82) is 0 Å². The van der Waals surface area contributed by atoms with Crippen molar-refractivity contribution in [3.63, 3.8) is 0 Å². The molecule has 6 nitrogen and oxygen atoms in total. The van der Waals surface area contributed by atoms with E-state index < -0.39 is 6.10 Å². The fourth-order valence-corrected chi connectivity index (χ4v) is 3.41. The standard InChI is InChI=1S/C20H18N2O4S/c1-2-24-14-9-7-13(8-10-14)15-12-27-20(21-15)22-19(23)18-11-25-16-5-3-4-6-17(16)26-18/h3-10,12,18H,2,11H2,1H3,(H,21,22,23). The normalized spacial score (nSPS) is 15.2. The van der Waals surface area contributed by atoms with Gasteiger partial charge in [0, 0.05) is 10.9 Å². The van der Waals surface area contributed by atoms with Gasteiger partial charge >= 0.3 is 0 Å². The Morgan fingerprint density at radius 1 is 1.22 bits per heavy atom. The van der Waals surface area contributed by atoms with Crippen molar-refractivity contribution in [3.05, 3.63) is 53.9 Å². The first-order valence-electron chi connectivity index (χ1n) is 8.61. The second kappa shape index (κ2) is 7.67. The van der Waals surface area contributed by atoms with Crippen LogP contribution in [0.2, 0.25) is 0 Å². The molecule has 27 heavy (non-hydrogen) atoms. The van der Waals surface area contributed by atoms with Crippen LogP contribution in [0.15, 0.2) is 53.9 Å². The molecule has 1 aromatic heterocycles. The molecule has 1 aliphatic rings. The molecule has 2 heterocycles. The van der Waals surface area contributed by atoms with Crippen molar-refractivity contribution in [2.45, 2.75) is 13.0 Å². The number of ether oxygens (including phenoxy) is 3. The summed E-state index contributed by atoms with van der Waals surface area (Å²) in [6.07, 6.45) is -0.710. The summed E-state index contributed by atoms with van der Waals surface area (Å²) in [5.41, 5.74) is 1.76. The minimum Gasteiger partial charge on any atom is -0.494 e. The van der Waals surface area contributed by atoms with E-state index in [0.29, 0.717) is 23.2 Å². The van der Waals surface area contributed by atoms with Crippen molar-refractivity contribution >= 4 is 22.4 Å². The summed E-state index contributed by atoms with van der Waals surface area (Å²) in [5, 5.41) is 5.22. The van der Waals surface area contributed by atoms with Gasteiger partial charge in [0.05, 0.1) is 12.3 Å². The summed E-state index contributed by atoms with van der Waals surface area (Å²) in [7, 11) is 0. The van der Waals surface area contributed by atoms with Crippen molar-refractivity contribution in [1.82, 2.24) is 4.98 Å². The predicted octanol–water partition coefficient (Wildman–Crippen LogP) is 3.99. The molecule has 0 radical (unpaired) electrons. The molecule has 138 valence electrons. The van der Waals surface area contributed by atoms with Gasteiger partial charge in [-0.3, -0.25) is 10.1 Å². The molecule has 7 heteroatoms. The van der Waals surface area contributed by atoms with Crippen LogP contribution in [-0.4, -0.2) is 30.2 Å². The second-order valence-corrected chi connectivity index (χ2v) is 6.71. The highest BCUT2D eigenvalue weighted by atomic mass is 32.1. The third-order valence-electron chi connectivity index (χ3n) is 4.00. The third kappa shape index (κ3) is 3.88. The summed E-state index contributed by atoms with van der Waals surface area (Å²) >= 11 is 1.37. The zero-order valence-corrected chi connectivity index (χ0v) is 15.5. The molecule has 0 spiro atoms. The van der Waals surface area contributed by atoms with Gasteiger partial charge in [-0.1, -0.05) is 12.1 Å². The Balaban J connectivity index is 1.41. The van der Waals surface area contributed by atoms with Crippen LogP contribution in [0.4, 0.5) is 5.13 Å². The molecule has 1 unspecified atom stereocenters. The Bertz CT molecular complexity index is 939. The van der Waals surface area contributed by atoms with E-state index in [9.17, 15) is 4.79 Å². The van der Waals surface area contributed by atoms with Gasteiger partial charge in [-0.15, -0.1) is 11.3 Å². The van der Waals surface area contributed by atoms with E-state index in [0.717, 1.165) is 17.0 Å². The van der Waals surface area contributed by atoms with Gasteiger partial charge in [-0.2, -0.15) is 0 Å². The van der Waals surface area contributed by atoms with E-state index in [2.05, 4.69) is 10.3 Å². The number of aromatic nitrogens is 1. The van der Waals surface area contributed by atoms with Crippen LogP contribution in [-0.2, 0) is 4.79 Å².